The average molecular weight is 433 g/mol. The molecule has 162 valence electrons. The van der Waals surface area contributed by atoms with Gasteiger partial charge in [-0.05, 0) is 24.3 Å². The summed E-state index contributed by atoms with van der Waals surface area (Å²) in [5.74, 6) is 0.435. The smallest absolute Gasteiger partial charge is 0.279 e. The van der Waals surface area contributed by atoms with Crippen LogP contribution < -0.4 is 4.74 Å². The molecule has 2 aromatic heterocycles. The highest BCUT2D eigenvalue weighted by Gasteiger charge is 2.30. The standard InChI is InChI=1S/C23H20FN5O3/c1-28-19-11-12-29(20(30)14-31-15-7-3-2-4-8-15)13-17(19)21(26-28)23-25-22(27-32-23)16-9-5-6-10-18(16)24/h2-10H,11-14H2,1H3. The largest absolute Gasteiger partial charge is 0.484 e. The number of hydrogen-bond acceptors (Lipinski definition) is 6. The van der Waals surface area contributed by atoms with Crippen LogP contribution in [0.3, 0.4) is 0 Å². The van der Waals surface area contributed by atoms with Gasteiger partial charge in [-0.1, -0.05) is 35.5 Å². The maximum Gasteiger partial charge on any atom is 0.279 e. The zero-order chi connectivity index (χ0) is 22.1. The van der Waals surface area contributed by atoms with E-state index in [0.717, 1.165) is 11.3 Å². The maximum absolute atomic E-state index is 14.1. The first kappa shape index (κ1) is 19.9. The fourth-order valence-corrected chi connectivity index (χ4v) is 3.80. The van der Waals surface area contributed by atoms with E-state index in [4.69, 9.17) is 9.26 Å². The zero-order valence-electron chi connectivity index (χ0n) is 17.4. The van der Waals surface area contributed by atoms with Gasteiger partial charge in [-0.3, -0.25) is 9.48 Å². The van der Waals surface area contributed by atoms with Crippen LogP contribution in [-0.2, 0) is 24.8 Å². The van der Waals surface area contributed by atoms with Gasteiger partial charge in [0.25, 0.3) is 11.8 Å². The van der Waals surface area contributed by atoms with Crippen molar-refractivity contribution in [2.24, 2.45) is 7.05 Å². The first-order chi connectivity index (χ1) is 15.6. The average Bonchev–Trinajstić information content (AvgIpc) is 3.43. The Bertz CT molecular complexity index is 1270. The zero-order valence-corrected chi connectivity index (χ0v) is 17.4. The minimum absolute atomic E-state index is 0.0487. The fraction of sp³-hybridized carbons (Fsp3) is 0.217. The van der Waals surface area contributed by atoms with Gasteiger partial charge in [0.1, 0.15) is 11.6 Å². The first-order valence-corrected chi connectivity index (χ1v) is 10.2. The number of aryl methyl sites for hydroxylation is 1. The Morgan fingerprint density at radius 3 is 2.75 bits per heavy atom. The van der Waals surface area contributed by atoms with E-state index in [0.29, 0.717) is 31.0 Å². The number of para-hydroxylation sites is 1. The second kappa shape index (κ2) is 8.26. The highest BCUT2D eigenvalue weighted by Crippen LogP contribution is 2.30. The molecule has 1 aliphatic heterocycles. The Balaban J connectivity index is 1.37. The van der Waals surface area contributed by atoms with Crippen LogP contribution in [0.4, 0.5) is 4.39 Å². The van der Waals surface area contributed by atoms with Crippen molar-refractivity contribution in [3.8, 4) is 28.7 Å². The summed E-state index contributed by atoms with van der Waals surface area (Å²) in [6, 6.07) is 15.5. The van der Waals surface area contributed by atoms with Gasteiger partial charge in [0.05, 0.1) is 5.56 Å². The third kappa shape index (κ3) is 3.73. The van der Waals surface area contributed by atoms with Crippen molar-refractivity contribution < 1.29 is 18.4 Å². The second-order valence-electron chi connectivity index (χ2n) is 7.47. The molecule has 0 atom stereocenters. The lowest BCUT2D eigenvalue weighted by Gasteiger charge is -2.27. The number of nitrogens with zero attached hydrogens (tertiary/aromatic N) is 5. The van der Waals surface area contributed by atoms with E-state index in [1.807, 2.05) is 37.4 Å². The van der Waals surface area contributed by atoms with Crippen molar-refractivity contribution in [3.63, 3.8) is 0 Å². The lowest BCUT2D eigenvalue weighted by molar-refractivity contribution is -0.134. The Labute approximate surface area is 183 Å². The van der Waals surface area contributed by atoms with E-state index in [1.165, 1.54) is 6.07 Å². The van der Waals surface area contributed by atoms with Crippen LogP contribution in [0.1, 0.15) is 11.3 Å². The van der Waals surface area contributed by atoms with Crippen LogP contribution in [-0.4, -0.2) is 43.9 Å². The summed E-state index contributed by atoms with van der Waals surface area (Å²) in [7, 11) is 1.84. The van der Waals surface area contributed by atoms with Gasteiger partial charge in [-0.25, -0.2) is 4.39 Å². The Morgan fingerprint density at radius 2 is 1.94 bits per heavy atom. The van der Waals surface area contributed by atoms with E-state index in [-0.39, 0.29) is 29.8 Å². The molecule has 9 heteroatoms. The lowest BCUT2D eigenvalue weighted by Crippen LogP contribution is -2.39. The molecular formula is C23H20FN5O3. The van der Waals surface area contributed by atoms with Gasteiger partial charge in [-0.2, -0.15) is 10.1 Å². The number of fused-ring (bicyclic) bond motifs is 1. The van der Waals surface area contributed by atoms with Gasteiger partial charge in [0.2, 0.25) is 5.82 Å². The number of ether oxygens (including phenoxy) is 1. The molecule has 3 heterocycles. The normalized spacial score (nSPS) is 13.1. The third-order valence-corrected chi connectivity index (χ3v) is 5.44. The van der Waals surface area contributed by atoms with Crippen molar-refractivity contribution in [1.82, 2.24) is 24.8 Å². The summed E-state index contributed by atoms with van der Waals surface area (Å²) in [5.41, 5.74) is 2.59. The summed E-state index contributed by atoms with van der Waals surface area (Å²) in [5, 5.41) is 8.46. The molecule has 0 spiro atoms. The molecular weight excluding hydrogens is 413 g/mol. The number of carbonyl (C=O) groups excluding carboxylic acids is 1. The Hall–Kier alpha value is -4.01. The molecule has 0 aliphatic carbocycles. The Kier molecular flexibility index (Phi) is 5.14. The minimum Gasteiger partial charge on any atom is -0.484 e. The number of halogens is 1. The van der Waals surface area contributed by atoms with Crippen molar-refractivity contribution in [1.29, 1.82) is 0 Å². The number of carbonyl (C=O) groups is 1. The molecule has 0 unspecified atom stereocenters. The molecule has 2 aromatic carbocycles. The molecule has 32 heavy (non-hydrogen) atoms. The third-order valence-electron chi connectivity index (χ3n) is 5.44. The molecule has 0 radical (unpaired) electrons. The Morgan fingerprint density at radius 1 is 1.16 bits per heavy atom. The van der Waals surface area contributed by atoms with E-state index < -0.39 is 5.82 Å². The predicted molar refractivity (Wildman–Crippen MR) is 113 cm³/mol. The molecule has 0 bridgehead atoms. The van der Waals surface area contributed by atoms with Crippen LogP contribution in [0.2, 0.25) is 0 Å². The predicted octanol–water partition coefficient (Wildman–Crippen LogP) is 3.24. The molecule has 5 rings (SSSR count). The number of benzene rings is 2. The van der Waals surface area contributed by atoms with Crippen molar-refractivity contribution >= 4 is 5.91 Å². The van der Waals surface area contributed by atoms with E-state index in [9.17, 15) is 9.18 Å². The SMILES string of the molecule is Cn1nc(-c2nc(-c3ccccc3F)no2)c2c1CCN(C(=O)COc1ccccc1)C2. The second-order valence-corrected chi connectivity index (χ2v) is 7.47. The van der Waals surface area contributed by atoms with Crippen molar-refractivity contribution in [3.05, 3.63) is 71.7 Å². The summed E-state index contributed by atoms with van der Waals surface area (Å²) < 4.78 is 26.9. The topological polar surface area (TPSA) is 86.3 Å². The van der Waals surface area contributed by atoms with Crippen LogP contribution >= 0.6 is 0 Å². The summed E-state index contributed by atoms with van der Waals surface area (Å²) in [4.78, 5) is 18.8. The number of aromatic nitrogens is 4. The fourth-order valence-electron chi connectivity index (χ4n) is 3.80. The molecule has 0 fully saturated rings. The van der Waals surface area contributed by atoms with Crippen molar-refractivity contribution in [2.75, 3.05) is 13.2 Å². The number of rotatable bonds is 5. The lowest BCUT2D eigenvalue weighted by atomic mass is 10.0. The van der Waals surface area contributed by atoms with Gasteiger partial charge in [0, 0.05) is 37.8 Å². The van der Waals surface area contributed by atoms with E-state index in [1.54, 1.807) is 27.8 Å². The van der Waals surface area contributed by atoms with Gasteiger partial charge in [-0.15, -0.1) is 0 Å². The molecule has 0 N–H and O–H groups in total. The summed E-state index contributed by atoms with van der Waals surface area (Å²) >= 11 is 0. The molecule has 4 aromatic rings. The quantitative estimate of drug-likeness (QED) is 0.480. The maximum atomic E-state index is 14.1. The van der Waals surface area contributed by atoms with Gasteiger partial charge in [0.15, 0.2) is 12.3 Å². The molecule has 8 nitrogen and oxygen atoms in total. The summed E-state index contributed by atoms with van der Waals surface area (Å²) in [6.07, 6.45) is 0.643. The van der Waals surface area contributed by atoms with Gasteiger partial charge < -0.3 is 14.2 Å². The molecule has 0 saturated carbocycles. The van der Waals surface area contributed by atoms with Crippen LogP contribution in [0.15, 0.2) is 59.1 Å². The van der Waals surface area contributed by atoms with E-state index in [2.05, 4.69) is 15.2 Å². The van der Waals surface area contributed by atoms with Gasteiger partial charge >= 0.3 is 0 Å². The number of amides is 1. The molecule has 1 amide bonds. The van der Waals surface area contributed by atoms with Crippen LogP contribution in [0.5, 0.6) is 5.75 Å². The van der Waals surface area contributed by atoms with Crippen LogP contribution in [0.25, 0.3) is 23.0 Å². The summed E-state index contributed by atoms with van der Waals surface area (Å²) in [6.45, 7) is 0.868. The minimum atomic E-state index is -0.432. The monoisotopic (exact) mass is 433 g/mol. The first-order valence-electron chi connectivity index (χ1n) is 10.2. The van der Waals surface area contributed by atoms with Crippen LogP contribution in [0, 0.1) is 5.82 Å². The highest BCUT2D eigenvalue weighted by atomic mass is 19.1. The molecule has 1 aliphatic rings. The number of hydrogen-bond donors (Lipinski definition) is 0. The highest BCUT2D eigenvalue weighted by molar-refractivity contribution is 5.78. The van der Waals surface area contributed by atoms with E-state index >= 15 is 0 Å². The molecule has 0 saturated heterocycles. The van der Waals surface area contributed by atoms with Crippen molar-refractivity contribution in [2.45, 2.75) is 13.0 Å².